The molecule has 2 amide bonds. The monoisotopic (exact) mass is 382 g/mol. The number of hydrogen-bond acceptors (Lipinski definition) is 5. The number of carbonyl (C=O) groups excluding carboxylic acids is 2. The maximum atomic E-state index is 12.3. The highest BCUT2D eigenvalue weighted by molar-refractivity contribution is 8.00. The fraction of sp³-hybridized carbons (Fsp3) is 0.312. The zero-order valence-corrected chi connectivity index (χ0v) is 14.5. The van der Waals surface area contributed by atoms with Crippen molar-refractivity contribution in [3.8, 4) is 0 Å². The molecule has 1 unspecified atom stereocenters. The van der Waals surface area contributed by atoms with Gasteiger partial charge in [0.15, 0.2) is 0 Å². The molecule has 7 nitrogen and oxygen atoms in total. The summed E-state index contributed by atoms with van der Waals surface area (Å²) in [6.45, 7) is 0.0891. The third-order valence-electron chi connectivity index (χ3n) is 3.90. The molecule has 1 saturated heterocycles. The number of halogens is 1. The Balaban J connectivity index is 1.61. The van der Waals surface area contributed by atoms with Gasteiger partial charge >= 0.3 is 12.1 Å². The first kappa shape index (κ1) is 17.6. The number of rotatable bonds is 5. The van der Waals surface area contributed by atoms with Crippen LogP contribution in [0.4, 0.5) is 4.79 Å². The average Bonchev–Trinajstić information content (AvgIpc) is 2.63. The molecule has 1 aromatic rings. The average molecular weight is 383 g/mol. The largest absolute Gasteiger partial charge is 0.477 e. The molecule has 0 aromatic heterocycles. The number of hydrogen-bond donors (Lipinski definition) is 2. The second kappa shape index (κ2) is 7.37. The summed E-state index contributed by atoms with van der Waals surface area (Å²) in [4.78, 5) is 36.8. The lowest BCUT2D eigenvalue weighted by Crippen LogP contribution is -2.70. The molecule has 2 atom stereocenters. The number of aliphatic carboxylic acids is 1. The van der Waals surface area contributed by atoms with Crippen LogP contribution in [-0.2, 0) is 20.9 Å². The van der Waals surface area contributed by atoms with Gasteiger partial charge in [0.2, 0.25) is 0 Å². The number of alkyl halides is 1. The molecule has 0 spiro atoms. The summed E-state index contributed by atoms with van der Waals surface area (Å²) in [5.41, 5.74) is 1.24. The molecule has 2 N–H and O–H groups in total. The highest BCUT2D eigenvalue weighted by atomic mass is 35.5. The predicted octanol–water partition coefficient (Wildman–Crippen LogP) is 1.77. The van der Waals surface area contributed by atoms with Crippen LogP contribution in [0.3, 0.4) is 0 Å². The lowest BCUT2D eigenvalue weighted by Gasteiger charge is -2.49. The summed E-state index contributed by atoms with van der Waals surface area (Å²) in [5.74, 6) is -1.23. The van der Waals surface area contributed by atoms with E-state index < -0.39 is 29.4 Å². The van der Waals surface area contributed by atoms with Crippen LogP contribution in [0.25, 0.3) is 0 Å². The van der Waals surface area contributed by atoms with Crippen molar-refractivity contribution in [1.82, 2.24) is 10.2 Å². The van der Waals surface area contributed by atoms with Crippen molar-refractivity contribution in [3.05, 3.63) is 47.2 Å². The summed E-state index contributed by atoms with van der Waals surface area (Å²) in [6, 6.07) is 8.34. The predicted molar refractivity (Wildman–Crippen MR) is 92.0 cm³/mol. The van der Waals surface area contributed by atoms with Gasteiger partial charge in [-0.15, -0.1) is 23.4 Å². The van der Waals surface area contributed by atoms with Crippen molar-refractivity contribution < 1.29 is 24.2 Å². The Kier molecular flexibility index (Phi) is 5.19. The van der Waals surface area contributed by atoms with E-state index in [0.717, 1.165) is 5.56 Å². The summed E-state index contributed by atoms with van der Waals surface area (Å²) < 4.78 is 5.10. The fourth-order valence-corrected chi connectivity index (χ4v) is 4.36. The van der Waals surface area contributed by atoms with Crippen LogP contribution in [-0.4, -0.2) is 51.0 Å². The number of amides is 2. The first-order valence-corrected chi connectivity index (χ1v) is 9.04. The SMILES string of the molecule is O=C(NC1C(=O)N2C(C(=O)O)=C(CCl)CS[C@H]12)OCc1ccccc1. The van der Waals surface area contributed by atoms with Crippen LogP contribution in [0, 0.1) is 0 Å². The van der Waals surface area contributed by atoms with Crippen LogP contribution < -0.4 is 5.32 Å². The lowest BCUT2D eigenvalue weighted by atomic mass is 10.0. The minimum atomic E-state index is -1.19. The highest BCUT2D eigenvalue weighted by Gasteiger charge is 2.54. The number of carboxylic acid groups (broad SMARTS) is 1. The van der Waals surface area contributed by atoms with Gasteiger partial charge in [-0.1, -0.05) is 30.3 Å². The van der Waals surface area contributed by atoms with E-state index in [4.69, 9.17) is 16.3 Å². The number of nitrogens with one attached hydrogen (secondary N) is 1. The van der Waals surface area contributed by atoms with Gasteiger partial charge in [0.25, 0.3) is 5.91 Å². The first-order valence-electron chi connectivity index (χ1n) is 7.46. The van der Waals surface area contributed by atoms with Crippen molar-refractivity contribution in [2.75, 3.05) is 11.6 Å². The second-order valence-corrected chi connectivity index (χ2v) is 6.86. The zero-order valence-electron chi connectivity index (χ0n) is 13.0. The van der Waals surface area contributed by atoms with Gasteiger partial charge < -0.3 is 15.2 Å². The number of ether oxygens (including phenoxy) is 1. The Morgan fingerprint density at radius 2 is 2.08 bits per heavy atom. The van der Waals surface area contributed by atoms with Gasteiger partial charge in [-0.05, 0) is 11.1 Å². The van der Waals surface area contributed by atoms with Crippen molar-refractivity contribution in [2.45, 2.75) is 18.0 Å². The number of alkyl carbamates (subject to hydrolysis) is 1. The van der Waals surface area contributed by atoms with Crippen LogP contribution in [0.1, 0.15) is 5.56 Å². The van der Waals surface area contributed by atoms with E-state index >= 15 is 0 Å². The third kappa shape index (κ3) is 3.45. The molecule has 0 saturated carbocycles. The third-order valence-corrected chi connectivity index (χ3v) is 5.56. The number of nitrogens with zero attached hydrogens (tertiary/aromatic N) is 1. The number of thioether (sulfide) groups is 1. The van der Waals surface area contributed by atoms with E-state index in [1.165, 1.54) is 16.7 Å². The summed E-state index contributed by atoms with van der Waals surface area (Å²) in [5, 5.41) is 11.4. The number of benzene rings is 1. The number of fused-ring (bicyclic) bond motifs is 1. The lowest BCUT2D eigenvalue weighted by molar-refractivity contribution is -0.149. The maximum absolute atomic E-state index is 12.3. The normalized spacial score (nSPS) is 22.1. The molecule has 2 aliphatic heterocycles. The molecule has 1 aromatic carbocycles. The molecule has 3 rings (SSSR count). The number of carboxylic acids is 1. The van der Waals surface area contributed by atoms with E-state index in [1.807, 2.05) is 30.3 Å². The van der Waals surface area contributed by atoms with Crippen LogP contribution in [0.5, 0.6) is 0 Å². The van der Waals surface area contributed by atoms with E-state index in [1.54, 1.807) is 0 Å². The molecular formula is C16H15ClN2O5S. The quantitative estimate of drug-likeness (QED) is 0.595. The summed E-state index contributed by atoms with van der Waals surface area (Å²) in [6.07, 6.45) is -0.716. The van der Waals surface area contributed by atoms with Crippen LogP contribution in [0.2, 0.25) is 0 Å². The van der Waals surface area contributed by atoms with Crippen molar-refractivity contribution >= 4 is 41.3 Å². The van der Waals surface area contributed by atoms with E-state index in [9.17, 15) is 19.5 Å². The molecule has 25 heavy (non-hydrogen) atoms. The van der Waals surface area contributed by atoms with Crippen molar-refractivity contribution in [1.29, 1.82) is 0 Å². The minimum absolute atomic E-state index is 0.0440. The molecule has 132 valence electrons. The van der Waals surface area contributed by atoms with E-state index in [-0.39, 0.29) is 18.2 Å². The molecule has 0 aliphatic carbocycles. The van der Waals surface area contributed by atoms with Crippen molar-refractivity contribution in [2.24, 2.45) is 0 Å². The molecule has 0 bridgehead atoms. The Bertz CT molecular complexity index is 739. The Morgan fingerprint density at radius 1 is 1.36 bits per heavy atom. The molecule has 9 heteroatoms. The summed E-state index contributed by atoms with van der Waals surface area (Å²) >= 11 is 7.13. The highest BCUT2D eigenvalue weighted by Crippen LogP contribution is 2.40. The van der Waals surface area contributed by atoms with Gasteiger partial charge in [-0.2, -0.15) is 0 Å². The fourth-order valence-electron chi connectivity index (χ4n) is 2.68. The first-order chi connectivity index (χ1) is 12.0. The van der Waals surface area contributed by atoms with Crippen LogP contribution in [0.15, 0.2) is 41.6 Å². The topological polar surface area (TPSA) is 95.9 Å². The van der Waals surface area contributed by atoms with Gasteiger partial charge in [-0.3, -0.25) is 9.69 Å². The molecule has 0 radical (unpaired) electrons. The van der Waals surface area contributed by atoms with Gasteiger partial charge in [0.1, 0.15) is 23.7 Å². The van der Waals surface area contributed by atoms with Gasteiger partial charge in [-0.25, -0.2) is 9.59 Å². The van der Waals surface area contributed by atoms with Gasteiger partial charge in [0.05, 0.1) is 0 Å². The second-order valence-electron chi connectivity index (χ2n) is 5.48. The van der Waals surface area contributed by atoms with Gasteiger partial charge in [0, 0.05) is 11.6 Å². The number of β-lactam (4-membered cyclic amide) rings is 1. The van der Waals surface area contributed by atoms with E-state index in [2.05, 4.69) is 5.32 Å². The Labute approximate surface area is 153 Å². The summed E-state index contributed by atoms with van der Waals surface area (Å²) in [7, 11) is 0. The molecular weight excluding hydrogens is 368 g/mol. The Morgan fingerprint density at radius 3 is 2.72 bits per heavy atom. The van der Waals surface area contributed by atoms with Crippen molar-refractivity contribution in [3.63, 3.8) is 0 Å². The van der Waals surface area contributed by atoms with E-state index in [0.29, 0.717) is 11.3 Å². The smallest absolute Gasteiger partial charge is 0.408 e. The maximum Gasteiger partial charge on any atom is 0.408 e. The minimum Gasteiger partial charge on any atom is -0.477 e. The number of carbonyl (C=O) groups is 3. The molecule has 2 aliphatic rings. The molecule has 2 heterocycles. The zero-order chi connectivity index (χ0) is 18.0. The Hall–Kier alpha value is -2.19. The standard InChI is InChI=1S/C16H15ClN2O5S/c17-6-10-8-25-14-11(13(20)19(14)12(10)15(21)22)18-16(23)24-7-9-4-2-1-3-5-9/h1-5,11,14H,6-8H2,(H,18,23)(H,21,22)/t11?,14-/m1/s1. The van der Waals surface area contributed by atoms with Crippen LogP contribution >= 0.6 is 23.4 Å². The molecule has 1 fully saturated rings.